The van der Waals surface area contributed by atoms with Gasteiger partial charge in [0.1, 0.15) is 22.8 Å². The number of hydrogen-bond acceptors (Lipinski definition) is 5. The van der Waals surface area contributed by atoms with Crippen molar-refractivity contribution in [2.45, 2.75) is 38.6 Å². The van der Waals surface area contributed by atoms with Gasteiger partial charge in [-0.1, -0.05) is 24.3 Å². The van der Waals surface area contributed by atoms with Gasteiger partial charge in [-0.3, -0.25) is 9.59 Å². The van der Waals surface area contributed by atoms with Crippen molar-refractivity contribution in [3.05, 3.63) is 53.6 Å². The summed E-state index contributed by atoms with van der Waals surface area (Å²) in [5.41, 5.74) is 1.48. The van der Waals surface area contributed by atoms with Gasteiger partial charge in [0, 0.05) is 25.6 Å². The first-order chi connectivity index (χ1) is 15.5. The van der Waals surface area contributed by atoms with E-state index < -0.39 is 0 Å². The number of benzene rings is 2. The van der Waals surface area contributed by atoms with E-state index in [4.69, 9.17) is 14.2 Å². The molecule has 172 valence electrons. The second-order valence-electron chi connectivity index (χ2n) is 7.88. The first kappa shape index (κ1) is 23.4. The largest absolute Gasteiger partial charge is 0.496 e. The number of likely N-dealkylation sites (tertiary alicyclic amines) is 1. The zero-order valence-corrected chi connectivity index (χ0v) is 19.1. The Morgan fingerprint density at radius 2 is 1.59 bits per heavy atom. The molecule has 32 heavy (non-hydrogen) atoms. The van der Waals surface area contributed by atoms with E-state index in [0.717, 1.165) is 11.3 Å². The Morgan fingerprint density at radius 3 is 2.22 bits per heavy atom. The molecule has 0 saturated carbocycles. The average Bonchev–Trinajstić information content (AvgIpc) is 2.82. The van der Waals surface area contributed by atoms with E-state index in [-0.39, 0.29) is 17.9 Å². The quantitative estimate of drug-likeness (QED) is 0.603. The maximum atomic E-state index is 12.8. The standard InChI is InChI=1S/C25H32N2O5/c1-18-8-4-5-9-20(18)32-17-7-12-23(28)27-15-13-19(14-16-27)26-25(29)24-21(30-2)10-6-11-22(24)31-3/h4-6,8-11,19H,7,12-17H2,1-3H3,(H,26,29). The Morgan fingerprint density at radius 1 is 0.969 bits per heavy atom. The van der Waals surface area contributed by atoms with Crippen LogP contribution in [0, 0.1) is 6.92 Å². The molecule has 0 unspecified atom stereocenters. The summed E-state index contributed by atoms with van der Waals surface area (Å²) >= 11 is 0. The van der Waals surface area contributed by atoms with Gasteiger partial charge in [0.2, 0.25) is 5.91 Å². The summed E-state index contributed by atoms with van der Waals surface area (Å²) in [4.78, 5) is 27.3. The van der Waals surface area contributed by atoms with Gasteiger partial charge in [-0.2, -0.15) is 0 Å². The van der Waals surface area contributed by atoms with Gasteiger partial charge in [-0.05, 0) is 49.9 Å². The van der Waals surface area contributed by atoms with Gasteiger partial charge < -0.3 is 24.4 Å². The molecular weight excluding hydrogens is 408 g/mol. The van der Waals surface area contributed by atoms with Crippen LogP contribution >= 0.6 is 0 Å². The molecule has 1 aliphatic rings. The minimum Gasteiger partial charge on any atom is -0.496 e. The molecule has 0 radical (unpaired) electrons. The fourth-order valence-electron chi connectivity index (χ4n) is 3.89. The monoisotopic (exact) mass is 440 g/mol. The summed E-state index contributed by atoms with van der Waals surface area (Å²) in [6.45, 7) is 3.79. The highest BCUT2D eigenvalue weighted by Gasteiger charge is 2.26. The van der Waals surface area contributed by atoms with Crippen molar-refractivity contribution in [3.8, 4) is 17.2 Å². The summed E-state index contributed by atoms with van der Waals surface area (Å²) in [6, 6.07) is 13.1. The van der Waals surface area contributed by atoms with Gasteiger partial charge >= 0.3 is 0 Å². The molecule has 2 aromatic carbocycles. The number of ether oxygens (including phenoxy) is 3. The molecule has 1 N–H and O–H groups in total. The Hall–Kier alpha value is -3.22. The number of nitrogens with zero attached hydrogens (tertiary/aromatic N) is 1. The molecule has 1 heterocycles. The highest BCUT2D eigenvalue weighted by atomic mass is 16.5. The molecule has 2 aromatic rings. The van der Waals surface area contributed by atoms with Gasteiger partial charge in [-0.15, -0.1) is 0 Å². The van der Waals surface area contributed by atoms with Crippen molar-refractivity contribution >= 4 is 11.8 Å². The molecule has 0 atom stereocenters. The van der Waals surface area contributed by atoms with E-state index in [1.54, 1.807) is 18.2 Å². The van der Waals surface area contributed by atoms with E-state index in [1.807, 2.05) is 36.1 Å². The number of carbonyl (C=O) groups is 2. The lowest BCUT2D eigenvalue weighted by atomic mass is 10.0. The highest BCUT2D eigenvalue weighted by Crippen LogP contribution is 2.28. The molecule has 7 heteroatoms. The predicted molar refractivity (Wildman–Crippen MR) is 123 cm³/mol. The van der Waals surface area contributed by atoms with Crippen molar-refractivity contribution in [2.75, 3.05) is 33.9 Å². The molecule has 1 aliphatic heterocycles. The van der Waals surface area contributed by atoms with E-state index in [9.17, 15) is 9.59 Å². The molecule has 7 nitrogen and oxygen atoms in total. The second kappa shape index (κ2) is 11.4. The third-order valence-electron chi connectivity index (χ3n) is 5.72. The van der Waals surface area contributed by atoms with E-state index in [0.29, 0.717) is 62.4 Å². The molecule has 1 fully saturated rings. The topological polar surface area (TPSA) is 77.1 Å². The molecule has 1 saturated heterocycles. The number of hydrogen-bond donors (Lipinski definition) is 1. The second-order valence-corrected chi connectivity index (χ2v) is 7.88. The summed E-state index contributed by atoms with van der Waals surface area (Å²) in [7, 11) is 3.06. The van der Waals surface area contributed by atoms with E-state index in [1.165, 1.54) is 14.2 Å². The van der Waals surface area contributed by atoms with Gasteiger partial charge in [-0.25, -0.2) is 0 Å². The first-order valence-corrected chi connectivity index (χ1v) is 11.0. The van der Waals surface area contributed by atoms with E-state index in [2.05, 4.69) is 5.32 Å². The summed E-state index contributed by atoms with van der Waals surface area (Å²) in [5, 5.41) is 3.06. The first-order valence-electron chi connectivity index (χ1n) is 11.0. The third-order valence-corrected chi connectivity index (χ3v) is 5.72. The molecular formula is C25H32N2O5. The normalized spacial score (nSPS) is 14.0. The zero-order chi connectivity index (χ0) is 22.9. The van der Waals surface area contributed by atoms with Crippen molar-refractivity contribution in [2.24, 2.45) is 0 Å². The van der Waals surface area contributed by atoms with Gasteiger partial charge in [0.15, 0.2) is 0 Å². The minimum atomic E-state index is -0.225. The lowest BCUT2D eigenvalue weighted by Gasteiger charge is -2.32. The lowest BCUT2D eigenvalue weighted by molar-refractivity contribution is -0.132. The smallest absolute Gasteiger partial charge is 0.259 e. The Kier molecular flexibility index (Phi) is 8.36. The van der Waals surface area contributed by atoms with Crippen LogP contribution in [-0.2, 0) is 4.79 Å². The fourth-order valence-corrected chi connectivity index (χ4v) is 3.89. The Balaban J connectivity index is 1.42. The fraction of sp³-hybridized carbons (Fsp3) is 0.440. The SMILES string of the molecule is COc1cccc(OC)c1C(=O)NC1CCN(C(=O)CCCOc2ccccc2C)CC1. The van der Waals surface area contributed by atoms with Gasteiger partial charge in [0.05, 0.1) is 20.8 Å². The van der Waals surface area contributed by atoms with Crippen LogP contribution in [0.15, 0.2) is 42.5 Å². The molecule has 0 aliphatic carbocycles. The number of methoxy groups -OCH3 is 2. The molecule has 0 spiro atoms. The summed E-state index contributed by atoms with van der Waals surface area (Å²) in [6.07, 6.45) is 2.57. The van der Waals surface area contributed by atoms with Crippen LogP contribution in [-0.4, -0.2) is 56.7 Å². The third kappa shape index (κ3) is 5.93. The van der Waals surface area contributed by atoms with Crippen molar-refractivity contribution < 1.29 is 23.8 Å². The average molecular weight is 441 g/mol. The number of amides is 2. The molecule has 2 amide bonds. The number of piperidine rings is 1. The maximum Gasteiger partial charge on any atom is 0.259 e. The van der Waals surface area contributed by atoms with Gasteiger partial charge in [0.25, 0.3) is 5.91 Å². The lowest BCUT2D eigenvalue weighted by Crippen LogP contribution is -2.46. The number of para-hydroxylation sites is 1. The molecule has 0 bridgehead atoms. The Bertz CT molecular complexity index is 900. The minimum absolute atomic E-state index is 0.00515. The number of nitrogens with one attached hydrogen (secondary N) is 1. The summed E-state index contributed by atoms with van der Waals surface area (Å²) < 4.78 is 16.4. The molecule has 0 aromatic heterocycles. The van der Waals surface area contributed by atoms with Crippen molar-refractivity contribution in [3.63, 3.8) is 0 Å². The highest BCUT2D eigenvalue weighted by molar-refractivity contribution is 5.99. The summed E-state index contributed by atoms with van der Waals surface area (Å²) in [5.74, 6) is 1.72. The zero-order valence-electron chi connectivity index (χ0n) is 19.1. The van der Waals surface area contributed by atoms with E-state index >= 15 is 0 Å². The predicted octanol–water partition coefficient (Wildman–Crippen LogP) is 3.59. The van der Waals surface area contributed by atoms with Crippen LogP contribution < -0.4 is 19.5 Å². The number of aryl methyl sites for hydroxylation is 1. The number of rotatable bonds is 9. The maximum absolute atomic E-state index is 12.8. The van der Waals surface area contributed by atoms with Crippen LogP contribution in [0.1, 0.15) is 41.6 Å². The van der Waals surface area contributed by atoms with Crippen LogP contribution in [0.4, 0.5) is 0 Å². The van der Waals surface area contributed by atoms with Crippen LogP contribution in [0.2, 0.25) is 0 Å². The van der Waals surface area contributed by atoms with Crippen molar-refractivity contribution in [1.29, 1.82) is 0 Å². The van der Waals surface area contributed by atoms with Crippen LogP contribution in [0.5, 0.6) is 17.2 Å². The molecule has 3 rings (SSSR count). The Labute approximate surface area is 189 Å². The van der Waals surface area contributed by atoms with Crippen LogP contribution in [0.3, 0.4) is 0 Å². The number of carbonyl (C=O) groups excluding carboxylic acids is 2. The van der Waals surface area contributed by atoms with Crippen LogP contribution in [0.25, 0.3) is 0 Å². The van der Waals surface area contributed by atoms with Crippen molar-refractivity contribution in [1.82, 2.24) is 10.2 Å².